The molecule has 25 heavy (non-hydrogen) atoms. The first kappa shape index (κ1) is 18.5. The standard InChI is InChI=1S/C18H22N2O5/c1-10(2)8-13(18(23)24)20-15(21)9-19-17(22)16-11(3)12-6-4-5-7-14(12)25-16/h4-7,10,13H,8-9H2,1-3H3,(H,19,22)(H,20,21)(H,23,24)/t13-/m0/s1. The fraction of sp³-hybridized carbons (Fsp3) is 0.389. The van der Waals surface area contributed by atoms with E-state index in [0.29, 0.717) is 17.6 Å². The van der Waals surface area contributed by atoms with Gasteiger partial charge in [-0.15, -0.1) is 0 Å². The molecule has 0 spiro atoms. The molecule has 0 unspecified atom stereocenters. The number of fused-ring (bicyclic) bond motifs is 1. The summed E-state index contributed by atoms with van der Waals surface area (Å²) in [7, 11) is 0. The monoisotopic (exact) mass is 346 g/mol. The Labute approximate surface area is 145 Å². The van der Waals surface area contributed by atoms with Crippen LogP contribution in [-0.4, -0.2) is 35.5 Å². The van der Waals surface area contributed by atoms with Crippen LogP contribution in [0.25, 0.3) is 11.0 Å². The molecule has 7 nitrogen and oxygen atoms in total. The number of carboxylic acid groups (broad SMARTS) is 1. The van der Waals surface area contributed by atoms with Gasteiger partial charge in [0.05, 0.1) is 6.54 Å². The average Bonchev–Trinajstić information content (AvgIpc) is 2.89. The zero-order chi connectivity index (χ0) is 18.6. The van der Waals surface area contributed by atoms with Crippen molar-refractivity contribution in [2.45, 2.75) is 33.2 Å². The van der Waals surface area contributed by atoms with E-state index in [4.69, 9.17) is 9.52 Å². The molecule has 2 rings (SSSR count). The summed E-state index contributed by atoms with van der Waals surface area (Å²) in [5, 5.41) is 14.8. The van der Waals surface area contributed by atoms with Crippen molar-refractivity contribution in [1.29, 1.82) is 0 Å². The molecule has 0 aliphatic heterocycles. The molecule has 1 atom stereocenters. The van der Waals surface area contributed by atoms with Crippen molar-refractivity contribution < 1.29 is 23.9 Å². The smallest absolute Gasteiger partial charge is 0.326 e. The SMILES string of the molecule is Cc1c(C(=O)NCC(=O)N[C@@H](CC(C)C)C(=O)O)oc2ccccc12. The van der Waals surface area contributed by atoms with Crippen LogP contribution in [0.2, 0.25) is 0 Å². The van der Waals surface area contributed by atoms with Gasteiger partial charge in [-0.05, 0) is 25.3 Å². The Morgan fingerprint density at radius 1 is 1.20 bits per heavy atom. The van der Waals surface area contributed by atoms with Crippen LogP contribution in [-0.2, 0) is 9.59 Å². The molecule has 2 amide bonds. The number of hydrogen-bond acceptors (Lipinski definition) is 4. The van der Waals surface area contributed by atoms with Crippen LogP contribution < -0.4 is 10.6 Å². The van der Waals surface area contributed by atoms with E-state index in [0.717, 1.165) is 5.39 Å². The Balaban J connectivity index is 1.97. The van der Waals surface area contributed by atoms with E-state index in [-0.39, 0.29) is 18.2 Å². The summed E-state index contributed by atoms with van der Waals surface area (Å²) in [6, 6.07) is 6.29. The molecule has 0 bridgehead atoms. The van der Waals surface area contributed by atoms with Gasteiger partial charge in [0.2, 0.25) is 5.91 Å². The summed E-state index contributed by atoms with van der Waals surface area (Å²) in [6.07, 6.45) is 0.317. The van der Waals surface area contributed by atoms with Crippen molar-refractivity contribution in [3.05, 3.63) is 35.6 Å². The fourth-order valence-electron chi connectivity index (χ4n) is 2.57. The van der Waals surface area contributed by atoms with Crippen molar-refractivity contribution in [3.8, 4) is 0 Å². The third-order valence-electron chi connectivity index (χ3n) is 3.80. The molecule has 1 aromatic carbocycles. The predicted octanol–water partition coefficient (Wildman–Crippen LogP) is 2.09. The lowest BCUT2D eigenvalue weighted by molar-refractivity contribution is -0.142. The largest absolute Gasteiger partial charge is 0.480 e. The van der Waals surface area contributed by atoms with Gasteiger partial charge in [0.25, 0.3) is 5.91 Å². The van der Waals surface area contributed by atoms with E-state index in [2.05, 4.69) is 10.6 Å². The van der Waals surface area contributed by atoms with E-state index < -0.39 is 23.8 Å². The third kappa shape index (κ3) is 4.59. The normalized spacial score (nSPS) is 12.2. The number of carbonyl (C=O) groups is 3. The summed E-state index contributed by atoms with van der Waals surface area (Å²) in [5.74, 6) is -1.91. The molecule has 134 valence electrons. The highest BCUT2D eigenvalue weighted by atomic mass is 16.4. The number of rotatable bonds is 7. The van der Waals surface area contributed by atoms with Gasteiger partial charge in [-0.25, -0.2) is 4.79 Å². The molecule has 3 N–H and O–H groups in total. The van der Waals surface area contributed by atoms with E-state index in [1.54, 1.807) is 19.1 Å². The van der Waals surface area contributed by atoms with Gasteiger partial charge < -0.3 is 20.2 Å². The van der Waals surface area contributed by atoms with E-state index in [9.17, 15) is 14.4 Å². The number of benzene rings is 1. The van der Waals surface area contributed by atoms with Crippen molar-refractivity contribution in [1.82, 2.24) is 10.6 Å². The number of amides is 2. The molecule has 1 aromatic heterocycles. The van der Waals surface area contributed by atoms with Gasteiger partial charge in [-0.2, -0.15) is 0 Å². The van der Waals surface area contributed by atoms with Crippen LogP contribution in [0.15, 0.2) is 28.7 Å². The van der Waals surface area contributed by atoms with Crippen LogP contribution in [0.5, 0.6) is 0 Å². The summed E-state index contributed by atoms with van der Waals surface area (Å²) in [5.41, 5.74) is 1.29. The zero-order valence-electron chi connectivity index (χ0n) is 14.5. The van der Waals surface area contributed by atoms with Gasteiger partial charge in [0.1, 0.15) is 11.6 Å². The number of carbonyl (C=O) groups excluding carboxylic acids is 2. The minimum atomic E-state index is -1.10. The molecule has 0 fully saturated rings. The zero-order valence-corrected chi connectivity index (χ0v) is 14.5. The number of carboxylic acids is 1. The Morgan fingerprint density at radius 3 is 2.48 bits per heavy atom. The Bertz CT molecular complexity index is 794. The second kappa shape index (κ2) is 7.83. The Hall–Kier alpha value is -2.83. The predicted molar refractivity (Wildman–Crippen MR) is 92.3 cm³/mol. The van der Waals surface area contributed by atoms with Crippen LogP contribution in [0.1, 0.15) is 36.4 Å². The number of aliphatic carboxylic acids is 1. The lowest BCUT2D eigenvalue weighted by atomic mass is 10.0. The van der Waals surface area contributed by atoms with Crippen LogP contribution in [0, 0.1) is 12.8 Å². The highest BCUT2D eigenvalue weighted by molar-refractivity contribution is 6.00. The maximum Gasteiger partial charge on any atom is 0.326 e. The third-order valence-corrected chi connectivity index (χ3v) is 3.80. The number of nitrogens with one attached hydrogen (secondary N) is 2. The number of para-hydroxylation sites is 1. The van der Waals surface area contributed by atoms with Crippen molar-refractivity contribution in [2.75, 3.05) is 6.54 Å². The molecule has 1 heterocycles. The Morgan fingerprint density at radius 2 is 1.88 bits per heavy atom. The van der Waals surface area contributed by atoms with Crippen molar-refractivity contribution in [2.24, 2.45) is 5.92 Å². The lowest BCUT2D eigenvalue weighted by Crippen LogP contribution is -2.46. The molecule has 7 heteroatoms. The molecule has 0 aliphatic rings. The van der Waals surface area contributed by atoms with E-state index in [1.807, 2.05) is 26.0 Å². The van der Waals surface area contributed by atoms with Crippen molar-refractivity contribution in [3.63, 3.8) is 0 Å². The number of aryl methyl sites for hydroxylation is 1. The first-order valence-corrected chi connectivity index (χ1v) is 8.08. The van der Waals surface area contributed by atoms with Crippen LogP contribution in [0.3, 0.4) is 0 Å². The first-order valence-electron chi connectivity index (χ1n) is 8.08. The fourth-order valence-corrected chi connectivity index (χ4v) is 2.57. The highest BCUT2D eigenvalue weighted by Crippen LogP contribution is 2.24. The lowest BCUT2D eigenvalue weighted by Gasteiger charge is -2.16. The first-order chi connectivity index (χ1) is 11.8. The second-order valence-corrected chi connectivity index (χ2v) is 6.32. The molecular weight excluding hydrogens is 324 g/mol. The summed E-state index contributed by atoms with van der Waals surface area (Å²) < 4.78 is 5.53. The topological polar surface area (TPSA) is 109 Å². The number of hydrogen-bond donors (Lipinski definition) is 3. The minimum absolute atomic E-state index is 0.120. The maximum atomic E-state index is 12.2. The second-order valence-electron chi connectivity index (χ2n) is 6.32. The summed E-state index contributed by atoms with van der Waals surface area (Å²) in [4.78, 5) is 35.3. The average molecular weight is 346 g/mol. The van der Waals surface area contributed by atoms with Gasteiger partial charge in [0.15, 0.2) is 5.76 Å². The minimum Gasteiger partial charge on any atom is -0.480 e. The molecule has 2 aromatic rings. The van der Waals surface area contributed by atoms with E-state index in [1.165, 1.54) is 0 Å². The van der Waals surface area contributed by atoms with Gasteiger partial charge in [-0.1, -0.05) is 32.0 Å². The maximum absolute atomic E-state index is 12.2. The van der Waals surface area contributed by atoms with E-state index >= 15 is 0 Å². The molecule has 0 saturated carbocycles. The summed E-state index contributed by atoms with van der Waals surface area (Å²) >= 11 is 0. The van der Waals surface area contributed by atoms with Crippen molar-refractivity contribution >= 4 is 28.8 Å². The summed E-state index contributed by atoms with van der Waals surface area (Å²) in [6.45, 7) is 5.18. The van der Waals surface area contributed by atoms with Gasteiger partial charge in [0, 0.05) is 10.9 Å². The highest BCUT2D eigenvalue weighted by Gasteiger charge is 2.22. The van der Waals surface area contributed by atoms with Gasteiger partial charge >= 0.3 is 5.97 Å². The van der Waals surface area contributed by atoms with Gasteiger partial charge in [-0.3, -0.25) is 9.59 Å². The molecular formula is C18H22N2O5. The van der Waals surface area contributed by atoms with Crippen LogP contribution in [0.4, 0.5) is 0 Å². The molecule has 0 aliphatic carbocycles. The molecule has 0 saturated heterocycles. The Kier molecular flexibility index (Phi) is 5.80. The number of furan rings is 1. The molecule has 0 radical (unpaired) electrons. The van der Waals surface area contributed by atoms with Crippen LogP contribution >= 0.6 is 0 Å². The quantitative estimate of drug-likeness (QED) is 0.711.